The largest absolute Gasteiger partial charge is 0.353 e. The van der Waals surface area contributed by atoms with Crippen LogP contribution in [0.4, 0.5) is 4.39 Å². The molecule has 0 saturated heterocycles. The van der Waals surface area contributed by atoms with Crippen LogP contribution in [0.15, 0.2) is 58.8 Å². The minimum Gasteiger partial charge on any atom is -0.353 e. The summed E-state index contributed by atoms with van der Waals surface area (Å²) in [5.41, 5.74) is 6.60. The molecule has 5 rings (SSSR count). The van der Waals surface area contributed by atoms with Crippen molar-refractivity contribution in [2.45, 2.75) is 52.1 Å². The number of rotatable bonds is 5. The summed E-state index contributed by atoms with van der Waals surface area (Å²) in [4.78, 5) is 12.3. The van der Waals surface area contributed by atoms with Gasteiger partial charge in [0, 0.05) is 40.7 Å². The normalized spacial score (nSPS) is 17.8. The Kier molecular flexibility index (Phi) is 5.83. The maximum atomic E-state index is 13.9. The minimum atomic E-state index is -0.217. The lowest BCUT2D eigenvalue weighted by molar-refractivity contribution is -0.124. The van der Waals surface area contributed by atoms with Crippen LogP contribution in [0.1, 0.15) is 49.1 Å². The standard InChI is InChI=1S/C27H29FN4O/c1-17(2)27(33)30-21-9-11-26-23(15-21)22-14-19(24-7-4-12-29-31-24)8-10-25(22)32(26)16-18-5-3-6-20(28)13-18/h3,5-8,10,13-14,17,21H,4,9,11-12,15-16H2,1-2H3,(H,30,33). The predicted octanol–water partition coefficient (Wildman–Crippen LogP) is 5.66. The molecule has 1 amide bonds. The predicted molar refractivity (Wildman–Crippen MR) is 129 cm³/mol. The quantitative estimate of drug-likeness (QED) is 0.543. The second kappa shape index (κ2) is 8.93. The summed E-state index contributed by atoms with van der Waals surface area (Å²) in [5, 5.41) is 13.0. The molecular weight excluding hydrogens is 415 g/mol. The zero-order chi connectivity index (χ0) is 22.9. The molecule has 3 aromatic rings. The van der Waals surface area contributed by atoms with Gasteiger partial charge in [-0.25, -0.2) is 4.39 Å². The Morgan fingerprint density at radius 3 is 2.88 bits per heavy atom. The Morgan fingerprint density at radius 2 is 2.12 bits per heavy atom. The van der Waals surface area contributed by atoms with Crippen LogP contribution in [0, 0.1) is 11.7 Å². The number of azo groups is 1. The zero-order valence-corrected chi connectivity index (χ0v) is 19.1. The number of nitrogens with one attached hydrogen (secondary N) is 1. The first-order valence-electron chi connectivity index (χ1n) is 11.8. The minimum absolute atomic E-state index is 0.0316. The fourth-order valence-corrected chi connectivity index (χ4v) is 4.90. The van der Waals surface area contributed by atoms with Gasteiger partial charge in [0.1, 0.15) is 5.82 Å². The summed E-state index contributed by atoms with van der Waals surface area (Å²) in [7, 11) is 0. The third-order valence-electron chi connectivity index (χ3n) is 6.61. The van der Waals surface area contributed by atoms with Crippen LogP contribution in [-0.4, -0.2) is 23.1 Å². The highest BCUT2D eigenvalue weighted by Gasteiger charge is 2.27. The van der Waals surface area contributed by atoms with Crippen LogP contribution in [0.5, 0.6) is 0 Å². The SMILES string of the molecule is CC(C)C(=O)NC1CCc2c(c3cc(C4=CCCN=N4)ccc3n2Cc2cccc(F)c2)C1. The third kappa shape index (κ3) is 4.34. The van der Waals surface area contributed by atoms with E-state index < -0.39 is 0 Å². The van der Waals surface area contributed by atoms with Crippen molar-refractivity contribution >= 4 is 22.5 Å². The molecule has 1 unspecified atom stereocenters. The molecule has 170 valence electrons. The molecule has 1 aromatic heterocycles. The van der Waals surface area contributed by atoms with Crippen molar-refractivity contribution in [2.24, 2.45) is 16.1 Å². The molecule has 0 radical (unpaired) electrons. The van der Waals surface area contributed by atoms with E-state index in [1.165, 1.54) is 22.7 Å². The van der Waals surface area contributed by atoms with Gasteiger partial charge in [-0.1, -0.05) is 38.1 Å². The van der Waals surface area contributed by atoms with Gasteiger partial charge in [-0.05, 0) is 61.1 Å². The monoisotopic (exact) mass is 444 g/mol. The van der Waals surface area contributed by atoms with Crippen molar-refractivity contribution in [2.75, 3.05) is 6.54 Å². The molecule has 33 heavy (non-hydrogen) atoms. The molecular formula is C27H29FN4O. The van der Waals surface area contributed by atoms with Crippen LogP contribution in [-0.2, 0) is 24.2 Å². The molecule has 2 aliphatic rings. The summed E-state index contributed by atoms with van der Waals surface area (Å²) in [6, 6.07) is 13.4. The van der Waals surface area contributed by atoms with E-state index in [4.69, 9.17) is 0 Å². The second-order valence-corrected chi connectivity index (χ2v) is 9.32. The van der Waals surface area contributed by atoms with Gasteiger partial charge < -0.3 is 9.88 Å². The number of fused-ring (bicyclic) bond motifs is 3. The Labute approximate surface area is 193 Å². The number of nitrogens with zero attached hydrogens (tertiary/aromatic N) is 3. The van der Waals surface area contributed by atoms with Gasteiger partial charge in [-0.3, -0.25) is 4.79 Å². The Balaban J connectivity index is 1.58. The van der Waals surface area contributed by atoms with Gasteiger partial charge in [0.25, 0.3) is 0 Å². The van der Waals surface area contributed by atoms with E-state index in [-0.39, 0.29) is 23.7 Å². The number of hydrogen-bond acceptors (Lipinski definition) is 3. The van der Waals surface area contributed by atoms with Gasteiger partial charge in [-0.15, -0.1) is 0 Å². The summed E-state index contributed by atoms with van der Waals surface area (Å²) >= 11 is 0. The molecule has 0 fully saturated rings. The lowest BCUT2D eigenvalue weighted by atomic mass is 9.90. The number of carbonyl (C=O) groups is 1. The highest BCUT2D eigenvalue weighted by molar-refractivity contribution is 5.89. The molecule has 1 aliphatic heterocycles. The van der Waals surface area contributed by atoms with E-state index in [9.17, 15) is 9.18 Å². The van der Waals surface area contributed by atoms with Crippen molar-refractivity contribution < 1.29 is 9.18 Å². The highest BCUT2D eigenvalue weighted by atomic mass is 19.1. The summed E-state index contributed by atoms with van der Waals surface area (Å²) < 4.78 is 16.2. The summed E-state index contributed by atoms with van der Waals surface area (Å²) in [5.74, 6) is -0.150. The van der Waals surface area contributed by atoms with Crippen molar-refractivity contribution in [1.29, 1.82) is 0 Å². The highest BCUT2D eigenvalue weighted by Crippen LogP contribution is 2.35. The van der Waals surface area contributed by atoms with E-state index >= 15 is 0 Å². The third-order valence-corrected chi connectivity index (χ3v) is 6.61. The van der Waals surface area contributed by atoms with Crippen LogP contribution in [0.2, 0.25) is 0 Å². The number of halogens is 1. The molecule has 1 aliphatic carbocycles. The number of benzene rings is 2. The first kappa shape index (κ1) is 21.6. The molecule has 2 heterocycles. The van der Waals surface area contributed by atoms with Gasteiger partial charge in [0.2, 0.25) is 5.91 Å². The smallest absolute Gasteiger partial charge is 0.222 e. The maximum absolute atomic E-state index is 13.9. The van der Waals surface area contributed by atoms with Crippen molar-refractivity contribution in [3.05, 3.63) is 76.7 Å². The van der Waals surface area contributed by atoms with E-state index in [0.717, 1.165) is 54.6 Å². The number of carbonyl (C=O) groups excluding carboxylic acids is 1. The Bertz CT molecular complexity index is 1270. The van der Waals surface area contributed by atoms with Crippen LogP contribution in [0.3, 0.4) is 0 Å². The van der Waals surface area contributed by atoms with Gasteiger partial charge >= 0.3 is 0 Å². The van der Waals surface area contributed by atoms with E-state index in [0.29, 0.717) is 6.54 Å². The lowest BCUT2D eigenvalue weighted by Gasteiger charge is -2.26. The molecule has 2 aromatic carbocycles. The number of hydrogen-bond donors (Lipinski definition) is 1. The maximum Gasteiger partial charge on any atom is 0.222 e. The fourth-order valence-electron chi connectivity index (χ4n) is 4.90. The molecule has 0 saturated carbocycles. The zero-order valence-electron chi connectivity index (χ0n) is 19.1. The average Bonchev–Trinajstić information content (AvgIpc) is 3.12. The molecule has 6 heteroatoms. The number of amides is 1. The number of aromatic nitrogens is 1. The Morgan fingerprint density at radius 1 is 1.24 bits per heavy atom. The second-order valence-electron chi connectivity index (χ2n) is 9.32. The molecule has 1 N–H and O–H groups in total. The molecule has 0 bridgehead atoms. The molecule has 5 nitrogen and oxygen atoms in total. The topological polar surface area (TPSA) is 58.8 Å². The van der Waals surface area contributed by atoms with Crippen LogP contribution < -0.4 is 5.32 Å². The van der Waals surface area contributed by atoms with Crippen LogP contribution in [0.25, 0.3) is 16.6 Å². The average molecular weight is 445 g/mol. The van der Waals surface area contributed by atoms with E-state index in [1.54, 1.807) is 12.1 Å². The van der Waals surface area contributed by atoms with Gasteiger partial charge in [-0.2, -0.15) is 10.2 Å². The van der Waals surface area contributed by atoms with Crippen LogP contribution >= 0.6 is 0 Å². The van der Waals surface area contributed by atoms with E-state index in [2.05, 4.69) is 44.4 Å². The van der Waals surface area contributed by atoms with Crippen molar-refractivity contribution in [3.63, 3.8) is 0 Å². The van der Waals surface area contributed by atoms with E-state index in [1.807, 2.05) is 19.9 Å². The first-order valence-corrected chi connectivity index (χ1v) is 11.8. The first-order chi connectivity index (χ1) is 16.0. The Hall–Kier alpha value is -3.28. The van der Waals surface area contributed by atoms with Crippen molar-refractivity contribution in [1.82, 2.24) is 9.88 Å². The van der Waals surface area contributed by atoms with Crippen molar-refractivity contribution in [3.8, 4) is 0 Å². The fraction of sp³-hybridized carbons (Fsp3) is 0.370. The van der Waals surface area contributed by atoms with Gasteiger partial charge in [0.05, 0.1) is 12.2 Å². The van der Waals surface area contributed by atoms with Gasteiger partial charge in [0.15, 0.2) is 0 Å². The molecule has 1 atom stereocenters. The molecule has 0 spiro atoms. The summed E-state index contributed by atoms with van der Waals surface area (Å²) in [6.45, 7) is 5.21. The summed E-state index contributed by atoms with van der Waals surface area (Å²) in [6.07, 6.45) is 5.61. The lowest BCUT2D eigenvalue weighted by Crippen LogP contribution is -2.41.